The van der Waals surface area contributed by atoms with Gasteiger partial charge in [0.05, 0.1) is 12.8 Å². The summed E-state index contributed by atoms with van der Waals surface area (Å²) in [5.74, 6) is 1.76. The van der Waals surface area contributed by atoms with Gasteiger partial charge in [0, 0.05) is 24.7 Å². The highest BCUT2D eigenvalue weighted by Gasteiger charge is 2.09. The summed E-state index contributed by atoms with van der Waals surface area (Å²) in [5.41, 5.74) is 1.24. The van der Waals surface area contributed by atoms with Gasteiger partial charge in [0.1, 0.15) is 5.76 Å². The third-order valence-corrected chi connectivity index (χ3v) is 2.87. The maximum Gasteiger partial charge on any atom is 0.118 e. The molecule has 0 unspecified atom stereocenters. The van der Waals surface area contributed by atoms with Crippen LogP contribution in [0.4, 0.5) is 0 Å². The first-order valence-corrected chi connectivity index (χ1v) is 7.03. The van der Waals surface area contributed by atoms with Gasteiger partial charge in [-0.2, -0.15) is 0 Å². The van der Waals surface area contributed by atoms with Crippen LogP contribution in [0.5, 0.6) is 0 Å². The van der Waals surface area contributed by atoms with Crippen LogP contribution >= 0.6 is 0 Å². The second-order valence-electron chi connectivity index (χ2n) is 5.68. The fraction of sp³-hybridized carbons (Fsp3) is 0.733. The SMILES string of the molecule is CCN(Cc1cc(CNC(C)C)co1)CC(C)C. The lowest BCUT2D eigenvalue weighted by atomic mass is 10.2. The zero-order valence-electron chi connectivity index (χ0n) is 12.5. The molecule has 0 fully saturated rings. The number of furan rings is 1. The van der Waals surface area contributed by atoms with Crippen molar-refractivity contribution in [2.24, 2.45) is 5.92 Å². The molecule has 0 radical (unpaired) electrons. The van der Waals surface area contributed by atoms with E-state index in [0.29, 0.717) is 12.0 Å². The topological polar surface area (TPSA) is 28.4 Å². The van der Waals surface area contributed by atoms with E-state index in [9.17, 15) is 0 Å². The predicted octanol–water partition coefficient (Wildman–Crippen LogP) is 3.26. The zero-order chi connectivity index (χ0) is 13.5. The first kappa shape index (κ1) is 15.3. The van der Waals surface area contributed by atoms with Gasteiger partial charge >= 0.3 is 0 Å². The Morgan fingerprint density at radius 2 is 2.00 bits per heavy atom. The largest absolute Gasteiger partial charge is 0.468 e. The molecule has 0 aliphatic carbocycles. The Kier molecular flexibility index (Phi) is 6.44. The Hall–Kier alpha value is -0.800. The minimum atomic E-state index is 0.511. The van der Waals surface area contributed by atoms with E-state index in [-0.39, 0.29) is 0 Å². The molecule has 104 valence electrons. The Bertz CT molecular complexity index is 331. The monoisotopic (exact) mass is 252 g/mol. The number of nitrogens with zero attached hydrogens (tertiary/aromatic N) is 1. The van der Waals surface area contributed by atoms with Crippen LogP contribution in [0.15, 0.2) is 16.7 Å². The average molecular weight is 252 g/mol. The predicted molar refractivity (Wildman–Crippen MR) is 76.5 cm³/mol. The normalized spacial score (nSPS) is 12.0. The van der Waals surface area contributed by atoms with Crippen LogP contribution in [0, 0.1) is 5.92 Å². The van der Waals surface area contributed by atoms with Gasteiger partial charge in [-0.1, -0.05) is 34.6 Å². The van der Waals surface area contributed by atoms with Gasteiger partial charge in [-0.25, -0.2) is 0 Å². The lowest BCUT2D eigenvalue weighted by Crippen LogP contribution is -2.26. The van der Waals surface area contributed by atoms with E-state index >= 15 is 0 Å². The Labute approximate surface area is 112 Å². The van der Waals surface area contributed by atoms with Crippen LogP contribution in [0.1, 0.15) is 45.9 Å². The molecule has 3 nitrogen and oxygen atoms in total. The molecule has 1 aromatic heterocycles. The molecule has 0 saturated heterocycles. The van der Waals surface area contributed by atoms with Crippen LogP contribution in [0.3, 0.4) is 0 Å². The van der Waals surface area contributed by atoms with Gasteiger partial charge in [0.25, 0.3) is 0 Å². The van der Waals surface area contributed by atoms with Crippen molar-refractivity contribution in [3.63, 3.8) is 0 Å². The van der Waals surface area contributed by atoms with Crippen LogP contribution in [0.2, 0.25) is 0 Å². The molecule has 0 aromatic carbocycles. The van der Waals surface area contributed by atoms with E-state index in [1.807, 2.05) is 6.26 Å². The van der Waals surface area contributed by atoms with Crippen LogP contribution in [-0.4, -0.2) is 24.0 Å². The molecule has 0 amide bonds. The summed E-state index contributed by atoms with van der Waals surface area (Å²) in [6, 6.07) is 2.68. The lowest BCUT2D eigenvalue weighted by Gasteiger charge is -2.21. The molecule has 0 spiro atoms. The summed E-state index contributed by atoms with van der Waals surface area (Å²) in [6.45, 7) is 15.0. The van der Waals surface area contributed by atoms with E-state index in [0.717, 1.165) is 31.9 Å². The molecular formula is C15H28N2O. The van der Waals surface area contributed by atoms with Crippen molar-refractivity contribution in [1.82, 2.24) is 10.2 Å². The molecule has 3 heteroatoms. The highest BCUT2D eigenvalue weighted by Crippen LogP contribution is 2.12. The summed E-state index contributed by atoms with van der Waals surface area (Å²) < 4.78 is 5.63. The molecule has 0 aliphatic rings. The van der Waals surface area contributed by atoms with E-state index < -0.39 is 0 Å². The summed E-state index contributed by atoms with van der Waals surface area (Å²) in [7, 11) is 0. The van der Waals surface area contributed by atoms with Crippen molar-refractivity contribution in [2.75, 3.05) is 13.1 Å². The van der Waals surface area contributed by atoms with Crippen molar-refractivity contribution < 1.29 is 4.42 Å². The molecule has 18 heavy (non-hydrogen) atoms. The maximum atomic E-state index is 5.63. The second-order valence-corrected chi connectivity index (χ2v) is 5.68. The van der Waals surface area contributed by atoms with Gasteiger partial charge in [-0.15, -0.1) is 0 Å². The molecule has 0 atom stereocenters. The molecule has 1 heterocycles. The van der Waals surface area contributed by atoms with Crippen molar-refractivity contribution in [3.8, 4) is 0 Å². The van der Waals surface area contributed by atoms with Gasteiger partial charge < -0.3 is 9.73 Å². The van der Waals surface area contributed by atoms with E-state index in [1.54, 1.807) is 0 Å². The molecule has 1 N–H and O–H groups in total. The van der Waals surface area contributed by atoms with Crippen molar-refractivity contribution in [2.45, 2.75) is 53.8 Å². The molecule has 0 aliphatic heterocycles. The number of hydrogen-bond donors (Lipinski definition) is 1. The highest BCUT2D eigenvalue weighted by atomic mass is 16.3. The quantitative estimate of drug-likeness (QED) is 0.770. The van der Waals surface area contributed by atoms with E-state index in [2.05, 4.69) is 50.9 Å². The highest BCUT2D eigenvalue weighted by molar-refractivity contribution is 5.12. The fourth-order valence-corrected chi connectivity index (χ4v) is 1.97. The first-order valence-electron chi connectivity index (χ1n) is 7.03. The minimum Gasteiger partial charge on any atom is -0.468 e. The number of nitrogens with one attached hydrogen (secondary N) is 1. The molecule has 0 saturated carbocycles. The Morgan fingerprint density at radius 1 is 1.28 bits per heavy atom. The Balaban J connectivity index is 2.46. The summed E-state index contributed by atoms with van der Waals surface area (Å²) >= 11 is 0. The number of rotatable bonds is 8. The third kappa shape index (κ3) is 5.69. The number of hydrogen-bond acceptors (Lipinski definition) is 3. The van der Waals surface area contributed by atoms with Crippen molar-refractivity contribution in [1.29, 1.82) is 0 Å². The maximum absolute atomic E-state index is 5.63. The van der Waals surface area contributed by atoms with Gasteiger partial charge in [-0.05, 0) is 18.5 Å². The van der Waals surface area contributed by atoms with Crippen molar-refractivity contribution >= 4 is 0 Å². The van der Waals surface area contributed by atoms with Crippen LogP contribution in [-0.2, 0) is 13.1 Å². The summed E-state index contributed by atoms with van der Waals surface area (Å²) in [4.78, 5) is 2.42. The van der Waals surface area contributed by atoms with Gasteiger partial charge in [-0.3, -0.25) is 4.90 Å². The second kappa shape index (κ2) is 7.59. The third-order valence-electron chi connectivity index (χ3n) is 2.87. The molecule has 1 rings (SSSR count). The standard InChI is InChI=1S/C15H28N2O/c1-6-17(9-12(2)3)10-15-7-14(11-18-15)8-16-13(4)5/h7,11-13,16H,6,8-10H2,1-5H3. The van der Waals surface area contributed by atoms with Gasteiger partial charge in [0.2, 0.25) is 0 Å². The average Bonchev–Trinajstić information content (AvgIpc) is 2.72. The zero-order valence-corrected chi connectivity index (χ0v) is 12.5. The van der Waals surface area contributed by atoms with Crippen molar-refractivity contribution in [3.05, 3.63) is 23.7 Å². The van der Waals surface area contributed by atoms with E-state index in [1.165, 1.54) is 5.56 Å². The van der Waals surface area contributed by atoms with Crippen LogP contribution in [0.25, 0.3) is 0 Å². The van der Waals surface area contributed by atoms with Crippen LogP contribution < -0.4 is 5.32 Å². The van der Waals surface area contributed by atoms with Gasteiger partial charge in [0.15, 0.2) is 0 Å². The molecule has 1 aromatic rings. The minimum absolute atomic E-state index is 0.511. The van der Waals surface area contributed by atoms with E-state index in [4.69, 9.17) is 4.42 Å². The smallest absolute Gasteiger partial charge is 0.118 e. The summed E-state index contributed by atoms with van der Waals surface area (Å²) in [6.07, 6.45) is 1.87. The lowest BCUT2D eigenvalue weighted by molar-refractivity contribution is 0.229. The fourth-order valence-electron chi connectivity index (χ4n) is 1.97. The molecule has 0 bridgehead atoms. The molecular weight excluding hydrogens is 224 g/mol. The Morgan fingerprint density at radius 3 is 2.56 bits per heavy atom. The first-order chi connectivity index (χ1) is 8.51. The summed E-state index contributed by atoms with van der Waals surface area (Å²) in [5, 5.41) is 3.40.